The lowest BCUT2D eigenvalue weighted by atomic mass is 10.1. The van der Waals surface area contributed by atoms with Crippen molar-refractivity contribution in [3.63, 3.8) is 0 Å². The number of carbonyl (C=O) groups is 1. The highest BCUT2D eigenvalue weighted by atomic mass is 16.6. The normalized spacial score (nSPS) is 11.2. The summed E-state index contributed by atoms with van der Waals surface area (Å²) in [5.74, 6) is -0.318. The maximum atomic E-state index is 11.3. The van der Waals surface area contributed by atoms with E-state index in [9.17, 15) is 14.9 Å². The predicted molar refractivity (Wildman–Crippen MR) is 71.8 cm³/mol. The smallest absolute Gasteiger partial charge is 0.333 e. The summed E-state index contributed by atoms with van der Waals surface area (Å²) in [4.78, 5) is 21.6. The van der Waals surface area contributed by atoms with Crippen LogP contribution in [0.25, 0.3) is 0 Å². The van der Waals surface area contributed by atoms with Crippen LogP contribution in [0.1, 0.15) is 25.8 Å². The summed E-state index contributed by atoms with van der Waals surface area (Å²) in [6.45, 7) is 3.81. The van der Waals surface area contributed by atoms with E-state index < -0.39 is 4.92 Å². The fourth-order valence-electron chi connectivity index (χ4n) is 1.61. The molecule has 0 N–H and O–H groups in total. The van der Waals surface area contributed by atoms with Crippen LogP contribution in [0.3, 0.4) is 0 Å². The van der Waals surface area contributed by atoms with Crippen LogP contribution < -0.4 is 0 Å². The molecule has 0 aliphatic carbocycles. The van der Waals surface area contributed by atoms with E-state index in [2.05, 4.69) is 0 Å². The van der Waals surface area contributed by atoms with Crippen LogP contribution in [0, 0.1) is 10.1 Å². The summed E-state index contributed by atoms with van der Waals surface area (Å²) < 4.78 is 4.86. The molecule has 19 heavy (non-hydrogen) atoms. The van der Waals surface area contributed by atoms with Crippen LogP contribution in [0.5, 0.6) is 0 Å². The van der Waals surface area contributed by atoms with Gasteiger partial charge in [-0.15, -0.1) is 0 Å². The summed E-state index contributed by atoms with van der Waals surface area (Å²) in [6, 6.07) is 6.51. The molecule has 0 spiro atoms. The lowest BCUT2D eigenvalue weighted by molar-refractivity contribution is -0.384. The molecule has 0 bridgehead atoms. The predicted octanol–water partition coefficient (Wildman–Crippen LogP) is 3.04. The fraction of sp³-hybridized carbons (Fsp3) is 0.357. The van der Waals surface area contributed by atoms with Gasteiger partial charge in [0, 0.05) is 17.7 Å². The van der Waals surface area contributed by atoms with Gasteiger partial charge in [-0.3, -0.25) is 10.1 Å². The first-order chi connectivity index (χ1) is 9.04. The van der Waals surface area contributed by atoms with Gasteiger partial charge in [0.25, 0.3) is 5.69 Å². The Morgan fingerprint density at radius 3 is 2.84 bits per heavy atom. The molecule has 0 aliphatic heterocycles. The Labute approximate surface area is 112 Å². The van der Waals surface area contributed by atoms with E-state index in [-0.39, 0.29) is 11.7 Å². The van der Waals surface area contributed by atoms with Crippen molar-refractivity contribution in [3.8, 4) is 0 Å². The highest BCUT2D eigenvalue weighted by molar-refractivity contribution is 5.87. The van der Waals surface area contributed by atoms with Gasteiger partial charge < -0.3 is 4.74 Å². The quantitative estimate of drug-likeness (QED) is 0.342. The molecular formula is C14H17NO4. The molecule has 5 nitrogen and oxygen atoms in total. The molecule has 0 unspecified atom stereocenters. The zero-order chi connectivity index (χ0) is 14.3. The number of benzene rings is 1. The van der Waals surface area contributed by atoms with Gasteiger partial charge in [-0.2, -0.15) is 0 Å². The molecule has 0 amide bonds. The summed E-state index contributed by atoms with van der Waals surface area (Å²) in [5, 5.41) is 10.6. The lowest BCUT2D eigenvalue weighted by Crippen LogP contribution is -2.05. The number of non-ortho nitro benzene ring substituents is 1. The van der Waals surface area contributed by atoms with Gasteiger partial charge in [0.1, 0.15) is 0 Å². The van der Waals surface area contributed by atoms with E-state index in [0.29, 0.717) is 25.0 Å². The third-order valence-electron chi connectivity index (χ3n) is 2.60. The van der Waals surface area contributed by atoms with Crippen molar-refractivity contribution in [1.82, 2.24) is 0 Å². The Kier molecular flexibility index (Phi) is 5.73. The van der Waals surface area contributed by atoms with Crippen LogP contribution in [-0.2, 0) is 16.0 Å². The Morgan fingerprint density at radius 2 is 2.21 bits per heavy atom. The number of nitrogens with zero attached hydrogens (tertiary/aromatic N) is 1. The first kappa shape index (κ1) is 14.9. The zero-order valence-electron chi connectivity index (χ0n) is 11.1. The number of hydrogen-bond donors (Lipinski definition) is 0. The van der Waals surface area contributed by atoms with Crippen LogP contribution in [-0.4, -0.2) is 17.5 Å². The van der Waals surface area contributed by atoms with Gasteiger partial charge in [0.2, 0.25) is 0 Å². The average molecular weight is 263 g/mol. The number of aryl methyl sites for hydroxylation is 1. The summed E-state index contributed by atoms with van der Waals surface area (Å²) in [7, 11) is 0. The molecule has 0 atom stereocenters. The topological polar surface area (TPSA) is 69.4 Å². The molecule has 0 aliphatic rings. The second-order valence-electron chi connectivity index (χ2n) is 4.07. The number of carbonyl (C=O) groups excluding carboxylic acids is 1. The molecule has 102 valence electrons. The van der Waals surface area contributed by atoms with Crippen molar-refractivity contribution in [3.05, 3.63) is 51.6 Å². The number of nitro groups is 1. The van der Waals surface area contributed by atoms with Gasteiger partial charge in [0.05, 0.1) is 11.5 Å². The lowest BCUT2D eigenvalue weighted by Gasteiger charge is -2.02. The monoisotopic (exact) mass is 263 g/mol. The zero-order valence-corrected chi connectivity index (χ0v) is 11.1. The highest BCUT2D eigenvalue weighted by Crippen LogP contribution is 2.14. The van der Waals surface area contributed by atoms with Crippen molar-refractivity contribution in [1.29, 1.82) is 0 Å². The van der Waals surface area contributed by atoms with E-state index in [1.165, 1.54) is 6.07 Å². The van der Waals surface area contributed by atoms with Crippen LogP contribution in [0.15, 0.2) is 35.9 Å². The number of hydrogen-bond acceptors (Lipinski definition) is 4. The number of ether oxygens (including phenoxy) is 1. The van der Waals surface area contributed by atoms with E-state index in [1.807, 2.05) is 6.07 Å². The van der Waals surface area contributed by atoms with E-state index in [1.54, 1.807) is 32.1 Å². The van der Waals surface area contributed by atoms with Crippen LogP contribution >= 0.6 is 0 Å². The van der Waals surface area contributed by atoms with Crippen molar-refractivity contribution >= 4 is 11.7 Å². The van der Waals surface area contributed by atoms with Gasteiger partial charge >= 0.3 is 5.97 Å². The molecule has 1 rings (SSSR count). The van der Waals surface area contributed by atoms with Gasteiger partial charge in [-0.1, -0.05) is 18.2 Å². The first-order valence-corrected chi connectivity index (χ1v) is 6.11. The highest BCUT2D eigenvalue weighted by Gasteiger charge is 2.06. The second kappa shape index (κ2) is 7.31. The maximum Gasteiger partial charge on any atom is 0.333 e. The summed E-state index contributed by atoms with van der Waals surface area (Å²) >= 11 is 0. The third-order valence-corrected chi connectivity index (χ3v) is 2.60. The second-order valence-corrected chi connectivity index (χ2v) is 4.07. The molecule has 0 fully saturated rings. The molecular weight excluding hydrogens is 246 g/mol. The minimum Gasteiger partial charge on any atom is -0.463 e. The Balaban J connectivity index is 2.57. The molecule has 0 saturated carbocycles. The summed E-state index contributed by atoms with van der Waals surface area (Å²) in [5.41, 5.74) is 1.53. The first-order valence-electron chi connectivity index (χ1n) is 6.11. The minimum absolute atomic E-state index is 0.0867. The minimum atomic E-state index is -0.413. The van der Waals surface area contributed by atoms with E-state index in [4.69, 9.17) is 4.74 Å². The number of rotatable bonds is 6. The number of nitro benzene ring substituents is 1. The fourth-order valence-corrected chi connectivity index (χ4v) is 1.61. The Morgan fingerprint density at radius 1 is 1.47 bits per heavy atom. The van der Waals surface area contributed by atoms with Crippen LogP contribution in [0.2, 0.25) is 0 Å². The summed E-state index contributed by atoms with van der Waals surface area (Å²) in [6.07, 6.45) is 3.08. The van der Waals surface area contributed by atoms with E-state index in [0.717, 1.165) is 5.56 Å². The average Bonchev–Trinajstić information content (AvgIpc) is 2.39. The van der Waals surface area contributed by atoms with E-state index >= 15 is 0 Å². The SMILES string of the molecule is CCOC(=O)/C(C)=C/CCc1cccc([N+](=O)[O-])c1. The van der Waals surface area contributed by atoms with Gasteiger partial charge in [-0.05, 0) is 32.3 Å². The van der Waals surface area contributed by atoms with Crippen LogP contribution in [0.4, 0.5) is 5.69 Å². The number of allylic oxidation sites excluding steroid dienone is 1. The van der Waals surface area contributed by atoms with Crippen molar-refractivity contribution in [2.45, 2.75) is 26.7 Å². The Hall–Kier alpha value is -2.17. The molecule has 1 aromatic rings. The Bertz CT molecular complexity index is 494. The van der Waals surface area contributed by atoms with Crippen molar-refractivity contribution < 1.29 is 14.5 Å². The molecule has 5 heteroatoms. The molecule has 0 aromatic heterocycles. The standard InChI is InChI=1S/C14H17NO4/c1-3-19-14(16)11(2)6-4-7-12-8-5-9-13(10-12)15(17)18/h5-6,8-10H,3-4,7H2,1-2H3/b11-6+. The number of esters is 1. The van der Waals surface area contributed by atoms with Crippen molar-refractivity contribution in [2.24, 2.45) is 0 Å². The largest absolute Gasteiger partial charge is 0.463 e. The maximum absolute atomic E-state index is 11.3. The molecule has 0 saturated heterocycles. The van der Waals surface area contributed by atoms with Crippen molar-refractivity contribution in [2.75, 3.05) is 6.61 Å². The molecule has 0 radical (unpaired) electrons. The van der Waals surface area contributed by atoms with Gasteiger partial charge in [-0.25, -0.2) is 4.79 Å². The molecule has 1 aromatic carbocycles. The van der Waals surface area contributed by atoms with Gasteiger partial charge in [0.15, 0.2) is 0 Å². The molecule has 0 heterocycles. The third kappa shape index (κ3) is 4.91.